The summed E-state index contributed by atoms with van der Waals surface area (Å²) < 4.78 is 42.6. The lowest BCUT2D eigenvalue weighted by atomic mass is 10.3. The zero-order valence-electron chi connectivity index (χ0n) is 10.4. The molecule has 0 aliphatic carbocycles. The molecule has 1 aromatic carbocycles. The van der Waals surface area contributed by atoms with E-state index in [4.69, 9.17) is 11.6 Å². The minimum absolute atomic E-state index is 0.0377. The second-order valence-corrected chi connectivity index (χ2v) is 6.18. The minimum atomic E-state index is -3.81. The van der Waals surface area contributed by atoms with E-state index >= 15 is 0 Å². The highest BCUT2D eigenvalue weighted by Gasteiger charge is 2.22. The van der Waals surface area contributed by atoms with Gasteiger partial charge in [-0.1, -0.05) is 11.6 Å². The van der Waals surface area contributed by atoms with E-state index in [9.17, 15) is 17.6 Å². The fourth-order valence-electron chi connectivity index (χ4n) is 1.29. The van der Waals surface area contributed by atoms with Crippen molar-refractivity contribution in [2.45, 2.75) is 11.3 Å². The summed E-state index contributed by atoms with van der Waals surface area (Å²) >= 11 is 5.54. The van der Waals surface area contributed by atoms with Crippen LogP contribution in [0.2, 0.25) is 5.02 Å². The number of nitrogens with zero attached hydrogens (tertiary/aromatic N) is 1. The number of carbonyl (C=O) groups excluding carboxylic acids is 1. The molecule has 0 amide bonds. The van der Waals surface area contributed by atoms with Crippen LogP contribution in [0.1, 0.15) is 6.42 Å². The van der Waals surface area contributed by atoms with Crippen molar-refractivity contribution in [1.82, 2.24) is 4.31 Å². The van der Waals surface area contributed by atoms with Crippen molar-refractivity contribution in [2.75, 3.05) is 20.7 Å². The Morgan fingerprint density at radius 2 is 2.11 bits per heavy atom. The largest absolute Gasteiger partial charge is 0.469 e. The molecule has 0 fully saturated rings. The van der Waals surface area contributed by atoms with E-state index in [-0.39, 0.29) is 22.9 Å². The molecule has 0 unspecified atom stereocenters. The first-order chi connectivity index (χ1) is 8.78. The number of sulfonamides is 1. The van der Waals surface area contributed by atoms with Crippen LogP contribution >= 0.6 is 11.6 Å². The first kappa shape index (κ1) is 15.9. The molecule has 0 spiro atoms. The molecule has 0 saturated carbocycles. The molecule has 0 aromatic heterocycles. The molecule has 1 aromatic rings. The fourth-order valence-corrected chi connectivity index (χ4v) is 2.73. The third-order valence-corrected chi connectivity index (χ3v) is 4.60. The molecule has 5 nitrogen and oxygen atoms in total. The molecule has 0 aliphatic heterocycles. The first-order valence-corrected chi connectivity index (χ1v) is 7.09. The maximum atomic E-state index is 13.0. The Morgan fingerprint density at radius 1 is 1.47 bits per heavy atom. The van der Waals surface area contributed by atoms with E-state index in [2.05, 4.69) is 4.74 Å². The summed E-state index contributed by atoms with van der Waals surface area (Å²) in [5.41, 5.74) is 0. The Morgan fingerprint density at radius 3 is 2.63 bits per heavy atom. The number of rotatable bonds is 5. The van der Waals surface area contributed by atoms with Gasteiger partial charge in [0, 0.05) is 13.6 Å². The number of hydrogen-bond donors (Lipinski definition) is 0. The molecule has 19 heavy (non-hydrogen) atoms. The lowest BCUT2D eigenvalue weighted by Crippen LogP contribution is -2.29. The Bertz CT molecular complexity index is 576. The maximum Gasteiger partial charge on any atom is 0.306 e. The number of hydrogen-bond acceptors (Lipinski definition) is 4. The van der Waals surface area contributed by atoms with Crippen molar-refractivity contribution in [3.05, 3.63) is 29.0 Å². The van der Waals surface area contributed by atoms with E-state index in [1.54, 1.807) is 0 Å². The van der Waals surface area contributed by atoms with Crippen LogP contribution in [0.25, 0.3) is 0 Å². The number of methoxy groups -OCH3 is 1. The summed E-state index contributed by atoms with van der Waals surface area (Å²) in [6.45, 7) is -0.0377. The molecule has 0 heterocycles. The normalized spacial score (nSPS) is 11.6. The molecule has 0 aliphatic rings. The van der Waals surface area contributed by atoms with Crippen LogP contribution in [-0.4, -0.2) is 39.4 Å². The highest BCUT2D eigenvalue weighted by atomic mass is 35.5. The van der Waals surface area contributed by atoms with Gasteiger partial charge in [-0.2, -0.15) is 0 Å². The van der Waals surface area contributed by atoms with Gasteiger partial charge in [-0.3, -0.25) is 4.79 Å². The Balaban J connectivity index is 2.90. The lowest BCUT2D eigenvalue weighted by molar-refractivity contribution is -0.140. The Labute approximate surface area is 116 Å². The van der Waals surface area contributed by atoms with Gasteiger partial charge in [0.1, 0.15) is 5.82 Å². The zero-order valence-corrected chi connectivity index (χ0v) is 12.0. The number of carbonyl (C=O) groups is 1. The topological polar surface area (TPSA) is 63.7 Å². The van der Waals surface area contributed by atoms with Crippen molar-refractivity contribution < 1.29 is 22.3 Å². The van der Waals surface area contributed by atoms with Gasteiger partial charge in [-0.25, -0.2) is 17.1 Å². The summed E-state index contributed by atoms with van der Waals surface area (Å²) in [6.07, 6.45) is -0.0683. The summed E-state index contributed by atoms with van der Waals surface area (Å²) in [4.78, 5) is 10.8. The van der Waals surface area contributed by atoms with Crippen LogP contribution in [0.3, 0.4) is 0 Å². The van der Waals surface area contributed by atoms with Crippen LogP contribution < -0.4 is 0 Å². The fraction of sp³-hybridized carbons (Fsp3) is 0.364. The van der Waals surface area contributed by atoms with Gasteiger partial charge in [-0.05, 0) is 18.2 Å². The van der Waals surface area contributed by atoms with Gasteiger partial charge >= 0.3 is 5.97 Å². The third-order valence-electron chi connectivity index (χ3n) is 2.46. The predicted molar refractivity (Wildman–Crippen MR) is 67.9 cm³/mol. The van der Waals surface area contributed by atoms with Gasteiger partial charge < -0.3 is 4.74 Å². The minimum Gasteiger partial charge on any atom is -0.469 e. The van der Waals surface area contributed by atoms with Crippen molar-refractivity contribution in [2.24, 2.45) is 0 Å². The second-order valence-electron chi connectivity index (χ2n) is 3.73. The number of halogens is 2. The van der Waals surface area contributed by atoms with E-state index in [0.29, 0.717) is 0 Å². The molecule has 106 valence electrons. The lowest BCUT2D eigenvalue weighted by Gasteiger charge is -2.16. The SMILES string of the molecule is COC(=O)CCN(C)S(=O)(=O)c1ccc(F)c(Cl)c1. The molecule has 0 N–H and O–H groups in total. The quantitative estimate of drug-likeness (QED) is 0.776. The van der Waals surface area contributed by atoms with Crippen molar-refractivity contribution in [3.8, 4) is 0 Å². The molecule has 0 saturated heterocycles. The van der Waals surface area contributed by atoms with Gasteiger partial charge in [-0.15, -0.1) is 0 Å². The van der Waals surface area contributed by atoms with Gasteiger partial charge in [0.25, 0.3) is 0 Å². The average Bonchev–Trinajstić information content (AvgIpc) is 2.38. The number of benzene rings is 1. The highest BCUT2D eigenvalue weighted by molar-refractivity contribution is 7.89. The van der Waals surface area contributed by atoms with Gasteiger partial charge in [0.2, 0.25) is 10.0 Å². The van der Waals surface area contributed by atoms with E-state index in [1.807, 2.05) is 0 Å². The summed E-state index contributed by atoms with van der Waals surface area (Å²) in [5, 5.41) is -0.276. The second kappa shape index (κ2) is 6.31. The Hall–Kier alpha value is -1.18. The van der Waals surface area contributed by atoms with Gasteiger partial charge in [0.05, 0.1) is 23.4 Å². The molecule has 0 bridgehead atoms. The summed E-state index contributed by atoms with van der Waals surface area (Å²) in [7, 11) is -1.27. The predicted octanol–water partition coefficient (Wildman–Crippen LogP) is 1.66. The zero-order chi connectivity index (χ0) is 14.6. The molecule has 0 atom stereocenters. The monoisotopic (exact) mass is 309 g/mol. The van der Waals surface area contributed by atoms with Crippen LogP contribution in [0, 0.1) is 5.82 Å². The van der Waals surface area contributed by atoms with E-state index in [0.717, 1.165) is 22.5 Å². The maximum absolute atomic E-state index is 13.0. The van der Waals surface area contributed by atoms with E-state index in [1.165, 1.54) is 14.2 Å². The van der Waals surface area contributed by atoms with Crippen molar-refractivity contribution in [1.29, 1.82) is 0 Å². The van der Waals surface area contributed by atoms with E-state index < -0.39 is 21.8 Å². The van der Waals surface area contributed by atoms with Crippen molar-refractivity contribution in [3.63, 3.8) is 0 Å². The molecule has 0 radical (unpaired) electrons. The number of ether oxygens (including phenoxy) is 1. The first-order valence-electron chi connectivity index (χ1n) is 5.27. The Kier molecular flexibility index (Phi) is 5.28. The third kappa shape index (κ3) is 3.89. The van der Waals surface area contributed by atoms with Crippen LogP contribution in [0.5, 0.6) is 0 Å². The molecule has 8 heteroatoms. The standard InChI is InChI=1S/C11H13ClFNO4S/c1-14(6-5-11(15)18-2)19(16,17)8-3-4-10(13)9(12)7-8/h3-4,7H,5-6H2,1-2H3. The van der Waals surface area contributed by atoms with Gasteiger partial charge in [0.15, 0.2) is 0 Å². The van der Waals surface area contributed by atoms with Crippen LogP contribution in [0.4, 0.5) is 4.39 Å². The molecular formula is C11H13ClFNO4S. The molecular weight excluding hydrogens is 297 g/mol. The smallest absolute Gasteiger partial charge is 0.306 e. The molecule has 1 rings (SSSR count). The summed E-state index contributed by atoms with van der Waals surface area (Å²) in [6, 6.07) is 3.12. The van der Waals surface area contributed by atoms with Crippen LogP contribution in [0.15, 0.2) is 23.1 Å². The summed E-state index contributed by atoms with van der Waals surface area (Å²) in [5.74, 6) is -1.21. The highest BCUT2D eigenvalue weighted by Crippen LogP contribution is 2.21. The van der Waals surface area contributed by atoms with Crippen LogP contribution in [-0.2, 0) is 19.6 Å². The number of esters is 1. The average molecular weight is 310 g/mol. The van der Waals surface area contributed by atoms with Crippen molar-refractivity contribution >= 4 is 27.6 Å².